The number of anilines is 2. The first-order chi connectivity index (χ1) is 13.1. The summed E-state index contributed by atoms with van der Waals surface area (Å²) in [4.78, 5) is 8.61. The summed E-state index contributed by atoms with van der Waals surface area (Å²) < 4.78 is 8.88. The quantitative estimate of drug-likeness (QED) is 0.567. The standard InChI is InChI=1S/C19H21N7O/c1-13-7-14(2)25(24-13)10-15-5-4-6-16(8-15)22-18-9-17(11-27-3)23-19-20-12-21-26(18)19/h4-9,12,22H,10-11H2,1-3H3. The van der Waals surface area contributed by atoms with E-state index in [2.05, 4.69) is 50.6 Å². The Hall–Kier alpha value is -3.26. The topological polar surface area (TPSA) is 82.2 Å². The lowest BCUT2D eigenvalue weighted by Gasteiger charge is -2.11. The highest BCUT2D eigenvalue weighted by molar-refractivity contribution is 5.59. The fraction of sp³-hybridized carbons (Fsp3) is 0.263. The molecule has 0 spiro atoms. The van der Waals surface area contributed by atoms with Crippen molar-refractivity contribution in [3.05, 3.63) is 65.4 Å². The van der Waals surface area contributed by atoms with E-state index in [4.69, 9.17) is 4.74 Å². The number of nitrogens with zero attached hydrogens (tertiary/aromatic N) is 6. The molecule has 0 aliphatic carbocycles. The molecule has 0 radical (unpaired) electrons. The molecule has 0 saturated heterocycles. The van der Waals surface area contributed by atoms with Gasteiger partial charge in [-0.2, -0.15) is 19.7 Å². The fourth-order valence-corrected chi connectivity index (χ4v) is 3.08. The third-order valence-electron chi connectivity index (χ3n) is 4.23. The highest BCUT2D eigenvalue weighted by atomic mass is 16.5. The number of aromatic nitrogens is 6. The molecule has 1 N–H and O–H groups in total. The van der Waals surface area contributed by atoms with Crippen molar-refractivity contribution in [1.82, 2.24) is 29.4 Å². The Morgan fingerprint density at radius 1 is 1.15 bits per heavy atom. The summed E-state index contributed by atoms with van der Waals surface area (Å²) >= 11 is 0. The van der Waals surface area contributed by atoms with Gasteiger partial charge in [-0.05, 0) is 37.6 Å². The molecule has 8 nitrogen and oxygen atoms in total. The summed E-state index contributed by atoms with van der Waals surface area (Å²) in [6.45, 7) is 5.21. The maximum Gasteiger partial charge on any atom is 0.254 e. The van der Waals surface area contributed by atoms with E-state index in [1.165, 1.54) is 6.33 Å². The summed E-state index contributed by atoms with van der Waals surface area (Å²) in [5, 5.41) is 12.2. The highest BCUT2D eigenvalue weighted by Crippen LogP contribution is 2.20. The molecule has 0 bridgehead atoms. The molecule has 27 heavy (non-hydrogen) atoms. The van der Waals surface area contributed by atoms with Gasteiger partial charge in [-0.1, -0.05) is 12.1 Å². The van der Waals surface area contributed by atoms with Crippen molar-refractivity contribution in [3.63, 3.8) is 0 Å². The van der Waals surface area contributed by atoms with E-state index in [9.17, 15) is 0 Å². The zero-order valence-corrected chi connectivity index (χ0v) is 15.5. The van der Waals surface area contributed by atoms with Gasteiger partial charge in [0.25, 0.3) is 5.78 Å². The van der Waals surface area contributed by atoms with Crippen molar-refractivity contribution >= 4 is 17.3 Å². The van der Waals surface area contributed by atoms with Crippen LogP contribution in [0.4, 0.5) is 11.5 Å². The van der Waals surface area contributed by atoms with Crippen LogP contribution >= 0.6 is 0 Å². The summed E-state index contributed by atoms with van der Waals surface area (Å²) in [5.74, 6) is 1.32. The van der Waals surface area contributed by atoms with Gasteiger partial charge in [0.05, 0.1) is 24.5 Å². The number of methoxy groups -OCH3 is 1. The molecule has 0 saturated carbocycles. The fourth-order valence-electron chi connectivity index (χ4n) is 3.08. The first kappa shape index (κ1) is 17.2. The summed E-state index contributed by atoms with van der Waals surface area (Å²) in [6, 6.07) is 12.2. The normalized spacial score (nSPS) is 11.2. The van der Waals surface area contributed by atoms with Crippen molar-refractivity contribution in [2.45, 2.75) is 27.0 Å². The zero-order valence-electron chi connectivity index (χ0n) is 15.5. The number of aryl methyl sites for hydroxylation is 2. The Labute approximate surface area is 156 Å². The van der Waals surface area contributed by atoms with Crippen molar-refractivity contribution in [2.24, 2.45) is 0 Å². The monoisotopic (exact) mass is 363 g/mol. The smallest absolute Gasteiger partial charge is 0.254 e. The van der Waals surface area contributed by atoms with Crippen LogP contribution in [0.1, 0.15) is 22.6 Å². The molecular weight excluding hydrogens is 342 g/mol. The van der Waals surface area contributed by atoms with Crippen LogP contribution < -0.4 is 5.32 Å². The lowest BCUT2D eigenvalue weighted by Crippen LogP contribution is -2.06. The van der Waals surface area contributed by atoms with Gasteiger partial charge in [0.2, 0.25) is 0 Å². The van der Waals surface area contributed by atoms with Gasteiger partial charge in [0.15, 0.2) is 0 Å². The van der Waals surface area contributed by atoms with Gasteiger partial charge in [-0.3, -0.25) is 4.68 Å². The number of hydrogen-bond donors (Lipinski definition) is 1. The van der Waals surface area contributed by atoms with Crippen LogP contribution in [0.2, 0.25) is 0 Å². The summed E-state index contributed by atoms with van der Waals surface area (Å²) in [7, 11) is 1.64. The molecule has 3 heterocycles. The lowest BCUT2D eigenvalue weighted by molar-refractivity contribution is 0.181. The van der Waals surface area contributed by atoms with Gasteiger partial charge in [0, 0.05) is 24.6 Å². The molecule has 0 aliphatic heterocycles. The first-order valence-electron chi connectivity index (χ1n) is 8.68. The molecular formula is C19H21N7O. The third-order valence-corrected chi connectivity index (χ3v) is 4.23. The number of hydrogen-bond acceptors (Lipinski definition) is 6. The molecule has 3 aromatic heterocycles. The Morgan fingerprint density at radius 2 is 2.04 bits per heavy atom. The number of fused-ring (bicyclic) bond motifs is 1. The number of rotatable bonds is 6. The van der Waals surface area contributed by atoms with E-state index in [0.717, 1.165) is 40.7 Å². The predicted molar refractivity (Wildman–Crippen MR) is 102 cm³/mol. The van der Waals surface area contributed by atoms with E-state index in [0.29, 0.717) is 12.4 Å². The number of nitrogens with one attached hydrogen (secondary N) is 1. The molecule has 4 aromatic rings. The Kier molecular flexibility index (Phi) is 4.55. The minimum absolute atomic E-state index is 0.413. The Bertz CT molecular complexity index is 1080. The lowest BCUT2D eigenvalue weighted by atomic mass is 10.2. The molecule has 0 atom stereocenters. The van der Waals surface area contributed by atoms with E-state index in [1.807, 2.05) is 29.8 Å². The average molecular weight is 363 g/mol. The maximum atomic E-state index is 5.20. The molecule has 0 fully saturated rings. The van der Waals surface area contributed by atoms with E-state index in [-0.39, 0.29) is 0 Å². The van der Waals surface area contributed by atoms with Crippen LogP contribution in [0.15, 0.2) is 42.7 Å². The van der Waals surface area contributed by atoms with Crippen molar-refractivity contribution < 1.29 is 4.74 Å². The third kappa shape index (κ3) is 3.65. The predicted octanol–water partition coefficient (Wildman–Crippen LogP) is 2.88. The minimum atomic E-state index is 0.413. The summed E-state index contributed by atoms with van der Waals surface area (Å²) in [5.41, 5.74) is 5.08. The van der Waals surface area contributed by atoms with Crippen molar-refractivity contribution in [1.29, 1.82) is 0 Å². The molecule has 0 aliphatic rings. The molecule has 8 heteroatoms. The van der Waals surface area contributed by atoms with Crippen LogP contribution in [0.5, 0.6) is 0 Å². The van der Waals surface area contributed by atoms with Crippen LogP contribution in [-0.2, 0) is 17.9 Å². The van der Waals surface area contributed by atoms with Gasteiger partial charge in [-0.25, -0.2) is 4.98 Å². The van der Waals surface area contributed by atoms with Gasteiger partial charge < -0.3 is 10.1 Å². The van der Waals surface area contributed by atoms with E-state index in [1.54, 1.807) is 11.6 Å². The second kappa shape index (κ2) is 7.16. The molecule has 0 amide bonds. The highest BCUT2D eigenvalue weighted by Gasteiger charge is 2.09. The van der Waals surface area contributed by atoms with Crippen LogP contribution in [-0.4, -0.2) is 36.5 Å². The Balaban J connectivity index is 1.62. The largest absolute Gasteiger partial charge is 0.378 e. The van der Waals surface area contributed by atoms with Crippen LogP contribution in [0.3, 0.4) is 0 Å². The van der Waals surface area contributed by atoms with Crippen molar-refractivity contribution in [3.8, 4) is 0 Å². The molecule has 4 rings (SSSR count). The van der Waals surface area contributed by atoms with Gasteiger partial charge >= 0.3 is 0 Å². The van der Waals surface area contributed by atoms with Gasteiger partial charge in [0.1, 0.15) is 12.1 Å². The van der Waals surface area contributed by atoms with Crippen LogP contribution in [0.25, 0.3) is 5.78 Å². The summed E-state index contributed by atoms with van der Waals surface area (Å²) in [6.07, 6.45) is 1.49. The van der Waals surface area contributed by atoms with Gasteiger partial charge in [-0.15, -0.1) is 0 Å². The van der Waals surface area contributed by atoms with Crippen molar-refractivity contribution in [2.75, 3.05) is 12.4 Å². The zero-order chi connectivity index (χ0) is 18.8. The maximum absolute atomic E-state index is 5.20. The van der Waals surface area contributed by atoms with E-state index < -0.39 is 0 Å². The second-order valence-electron chi connectivity index (χ2n) is 6.45. The minimum Gasteiger partial charge on any atom is -0.378 e. The van der Waals surface area contributed by atoms with Crippen LogP contribution in [0, 0.1) is 13.8 Å². The Morgan fingerprint density at radius 3 is 2.81 bits per heavy atom. The first-order valence-corrected chi connectivity index (χ1v) is 8.68. The second-order valence-corrected chi connectivity index (χ2v) is 6.45. The number of benzene rings is 1. The molecule has 1 aromatic carbocycles. The SMILES string of the molecule is COCc1cc(Nc2cccc(Cn3nc(C)cc3C)c2)n2ncnc2n1. The number of ether oxygens (including phenoxy) is 1. The molecule has 138 valence electrons. The average Bonchev–Trinajstić information content (AvgIpc) is 3.22. The molecule has 0 unspecified atom stereocenters. The van der Waals surface area contributed by atoms with E-state index >= 15 is 0 Å².